The monoisotopic (exact) mass is 372 g/mol. The van der Waals surface area contributed by atoms with Gasteiger partial charge in [0.1, 0.15) is 5.76 Å². The molecule has 0 aromatic carbocycles. The highest BCUT2D eigenvalue weighted by Gasteiger charge is 2.26. The third kappa shape index (κ3) is 4.20. The predicted molar refractivity (Wildman–Crippen MR) is 102 cm³/mol. The number of carbonyl (C=O) groups excluding carboxylic acids is 1. The highest BCUT2D eigenvalue weighted by atomic mass is 16.5. The van der Waals surface area contributed by atoms with E-state index in [-0.39, 0.29) is 18.4 Å². The second-order valence-corrected chi connectivity index (χ2v) is 7.46. The van der Waals surface area contributed by atoms with Crippen molar-refractivity contribution in [2.75, 3.05) is 33.7 Å². The van der Waals surface area contributed by atoms with Gasteiger partial charge in [-0.2, -0.15) is 0 Å². The normalized spacial score (nSPS) is 17.9. The zero-order valence-electron chi connectivity index (χ0n) is 16.5. The van der Waals surface area contributed by atoms with E-state index in [9.17, 15) is 9.90 Å². The van der Waals surface area contributed by atoms with Crippen molar-refractivity contribution in [1.82, 2.24) is 19.9 Å². The van der Waals surface area contributed by atoms with Crippen LogP contribution < -0.4 is 0 Å². The Morgan fingerprint density at radius 2 is 2.15 bits per heavy atom. The Balaban J connectivity index is 1.87. The maximum atomic E-state index is 12.0. The molecule has 1 atom stereocenters. The molecule has 7 nitrogen and oxygen atoms in total. The van der Waals surface area contributed by atoms with E-state index in [1.807, 2.05) is 26.0 Å². The molecule has 1 aliphatic heterocycles. The summed E-state index contributed by atoms with van der Waals surface area (Å²) < 4.78 is 5.30. The minimum atomic E-state index is -0.0825. The number of hydrogen-bond acceptors (Lipinski definition) is 6. The number of rotatable bonds is 5. The molecule has 0 aliphatic carbocycles. The third-order valence-electron chi connectivity index (χ3n) is 5.22. The second-order valence-electron chi connectivity index (χ2n) is 7.46. The zero-order valence-corrected chi connectivity index (χ0v) is 16.5. The van der Waals surface area contributed by atoms with Crippen molar-refractivity contribution in [1.29, 1.82) is 0 Å². The highest BCUT2D eigenvalue weighted by Crippen LogP contribution is 2.32. The molecule has 2 aromatic rings. The highest BCUT2D eigenvalue weighted by molar-refractivity contribution is 5.77. The molecule has 0 radical (unpaired) electrons. The molecule has 27 heavy (non-hydrogen) atoms. The summed E-state index contributed by atoms with van der Waals surface area (Å²) in [5.74, 6) is 1.09. The maximum Gasteiger partial charge on any atom is 0.236 e. The van der Waals surface area contributed by atoms with Gasteiger partial charge in [0.15, 0.2) is 0 Å². The predicted octanol–water partition coefficient (Wildman–Crippen LogP) is 2.11. The molecule has 1 amide bonds. The van der Waals surface area contributed by atoms with Crippen LogP contribution >= 0.6 is 0 Å². The molecule has 1 N–H and O–H groups in total. The average Bonchev–Trinajstić information content (AvgIpc) is 2.99. The first-order valence-corrected chi connectivity index (χ1v) is 9.37. The van der Waals surface area contributed by atoms with Gasteiger partial charge < -0.3 is 14.5 Å². The number of likely N-dealkylation sites (tertiary alicyclic amines) is 1. The van der Waals surface area contributed by atoms with Crippen molar-refractivity contribution in [2.45, 2.75) is 39.2 Å². The number of carbonyl (C=O) groups is 1. The lowest BCUT2D eigenvalue weighted by atomic mass is 9.93. The van der Waals surface area contributed by atoms with Crippen LogP contribution in [-0.2, 0) is 11.4 Å². The van der Waals surface area contributed by atoms with Crippen LogP contribution in [0.3, 0.4) is 0 Å². The first-order chi connectivity index (χ1) is 12.9. The molecule has 146 valence electrons. The fourth-order valence-corrected chi connectivity index (χ4v) is 3.67. The molecular formula is C20H28N4O3. The fraction of sp³-hybridized carbons (Fsp3) is 0.550. The van der Waals surface area contributed by atoms with Crippen LogP contribution in [-0.4, -0.2) is 64.7 Å². The summed E-state index contributed by atoms with van der Waals surface area (Å²) >= 11 is 0. The van der Waals surface area contributed by atoms with Crippen molar-refractivity contribution in [3.8, 4) is 11.3 Å². The van der Waals surface area contributed by atoms with Crippen LogP contribution in [0.25, 0.3) is 11.3 Å². The number of hydrogen-bond donors (Lipinski definition) is 1. The number of aliphatic hydroxyl groups excluding tert-OH is 1. The largest absolute Gasteiger partial charge is 0.392 e. The van der Waals surface area contributed by atoms with Crippen LogP contribution in [0.1, 0.15) is 41.5 Å². The molecule has 3 rings (SSSR count). The van der Waals surface area contributed by atoms with E-state index in [2.05, 4.69) is 10.1 Å². The van der Waals surface area contributed by atoms with Crippen LogP contribution in [0.15, 0.2) is 16.7 Å². The second kappa shape index (κ2) is 8.19. The molecule has 1 saturated heterocycles. The van der Waals surface area contributed by atoms with E-state index >= 15 is 0 Å². The topological polar surface area (TPSA) is 82.7 Å². The first-order valence-electron chi connectivity index (χ1n) is 9.37. The van der Waals surface area contributed by atoms with Gasteiger partial charge in [0.2, 0.25) is 5.91 Å². The first kappa shape index (κ1) is 19.5. The van der Waals surface area contributed by atoms with Crippen LogP contribution in [0.5, 0.6) is 0 Å². The number of aliphatic hydroxyl groups is 1. The summed E-state index contributed by atoms with van der Waals surface area (Å²) in [6.07, 6.45) is 2.08. The van der Waals surface area contributed by atoms with E-state index in [1.165, 1.54) is 0 Å². The van der Waals surface area contributed by atoms with Crippen LogP contribution in [0, 0.1) is 13.8 Å². The lowest BCUT2D eigenvalue weighted by molar-refractivity contribution is -0.130. The molecule has 7 heteroatoms. The van der Waals surface area contributed by atoms with Crippen molar-refractivity contribution in [3.63, 3.8) is 0 Å². The van der Waals surface area contributed by atoms with E-state index in [1.54, 1.807) is 19.0 Å². The van der Waals surface area contributed by atoms with Crippen molar-refractivity contribution < 1.29 is 14.4 Å². The summed E-state index contributed by atoms with van der Waals surface area (Å²) in [4.78, 5) is 20.8. The lowest BCUT2D eigenvalue weighted by Gasteiger charge is -2.32. The van der Waals surface area contributed by atoms with Gasteiger partial charge in [-0.25, -0.2) is 0 Å². The molecule has 0 spiro atoms. The Morgan fingerprint density at radius 1 is 1.37 bits per heavy atom. The van der Waals surface area contributed by atoms with Gasteiger partial charge in [0.25, 0.3) is 0 Å². The number of likely N-dealkylation sites (N-methyl/N-ethyl adjacent to an activating group) is 1. The third-order valence-corrected chi connectivity index (χ3v) is 5.22. The van der Waals surface area contributed by atoms with Gasteiger partial charge in [-0.3, -0.25) is 14.7 Å². The standard InChI is InChI=1S/C20H28N4O3/c1-13-19(14(2)27-22-13)20-16(12-25)7-8-17(21-20)15-6-5-9-24(10-15)11-18(26)23(3)4/h7-8,15,25H,5-6,9-12H2,1-4H3/t15-/m1/s1. The molecule has 1 fully saturated rings. The van der Waals surface area contributed by atoms with Crippen molar-refractivity contribution in [3.05, 3.63) is 34.8 Å². The number of piperidine rings is 1. The molecule has 2 aromatic heterocycles. The van der Waals surface area contributed by atoms with Gasteiger partial charge in [0, 0.05) is 37.8 Å². The number of nitrogens with zero attached hydrogens (tertiary/aromatic N) is 4. The molecule has 0 unspecified atom stereocenters. The zero-order chi connectivity index (χ0) is 19.6. The van der Waals surface area contributed by atoms with Gasteiger partial charge in [-0.15, -0.1) is 0 Å². The summed E-state index contributed by atoms with van der Waals surface area (Å²) in [6.45, 7) is 5.85. The SMILES string of the molecule is Cc1noc(C)c1-c1nc([C@@H]2CCCN(CC(=O)N(C)C)C2)ccc1CO. The van der Waals surface area contributed by atoms with Gasteiger partial charge >= 0.3 is 0 Å². The minimum Gasteiger partial charge on any atom is -0.392 e. The van der Waals surface area contributed by atoms with E-state index < -0.39 is 0 Å². The Labute approximate surface area is 160 Å². The maximum absolute atomic E-state index is 12.0. The van der Waals surface area contributed by atoms with E-state index in [0.717, 1.165) is 54.1 Å². The lowest BCUT2D eigenvalue weighted by Crippen LogP contribution is -2.41. The summed E-state index contributed by atoms with van der Waals surface area (Å²) in [6, 6.07) is 3.93. The number of aryl methyl sites for hydroxylation is 2. The molecule has 1 aliphatic rings. The Bertz CT molecular complexity index is 796. The molecule has 3 heterocycles. The Kier molecular flexibility index (Phi) is 5.92. The van der Waals surface area contributed by atoms with Gasteiger partial charge in [-0.1, -0.05) is 11.2 Å². The minimum absolute atomic E-state index is 0.0825. The van der Waals surface area contributed by atoms with Crippen molar-refractivity contribution in [2.24, 2.45) is 0 Å². The fourth-order valence-electron chi connectivity index (χ4n) is 3.67. The Morgan fingerprint density at radius 3 is 2.78 bits per heavy atom. The van der Waals surface area contributed by atoms with Crippen molar-refractivity contribution >= 4 is 5.91 Å². The summed E-state index contributed by atoms with van der Waals surface area (Å²) in [5.41, 5.74) is 4.13. The smallest absolute Gasteiger partial charge is 0.236 e. The number of amides is 1. The van der Waals surface area contributed by atoms with E-state index in [4.69, 9.17) is 9.51 Å². The molecule has 0 saturated carbocycles. The Hall–Kier alpha value is -2.25. The van der Waals surface area contributed by atoms with Crippen LogP contribution in [0.4, 0.5) is 0 Å². The van der Waals surface area contributed by atoms with Crippen LogP contribution in [0.2, 0.25) is 0 Å². The number of pyridine rings is 1. The summed E-state index contributed by atoms with van der Waals surface area (Å²) in [5, 5.41) is 13.8. The quantitative estimate of drug-likeness (QED) is 0.866. The molecule has 0 bridgehead atoms. The molecular weight excluding hydrogens is 344 g/mol. The van der Waals surface area contributed by atoms with Gasteiger partial charge in [-0.05, 0) is 39.3 Å². The van der Waals surface area contributed by atoms with E-state index in [0.29, 0.717) is 12.3 Å². The van der Waals surface area contributed by atoms with Gasteiger partial charge in [0.05, 0.1) is 30.1 Å². The summed E-state index contributed by atoms with van der Waals surface area (Å²) in [7, 11) is 3.57. The average molecular weight is 372 g/mol. The number of aromatic nitrogens is 2.